The van der Waals surface area contributed by atoms with Gasteiger partial charge in [0.05, 0.1) is 0 Å². The van der Waals surface area contributed by atoms with Crippen molar-refractivity contribution in [3.05, 3.63) is 10.1 Å². The maximum absolute atomic E-state index is 11.5. The van der Waals surface area contributed by atoms with Gasteiger partial charge in [0.15, 0.2) is 0 Å². The first-order valence-electron chi connectivity index (χ1n) is 7.32. The first-order valence-corrected chi connectivity index (χ1v) is 7.32. The molecule has 0 aromatic heterocycles. The van der Waals surface area contributed by atoms with E-state index in [1.807, 2.05) is 0 Å². The van der Waals surface area contributed by atoms with Gasteiger partial charge in [-0.25, -0.2) is 0 Å². The van der Waals surface area contributed by atoms with Crippen molar-refractivity contribution in [2.24, 2.45) is 11.8 Å². The van der Waals surface area contributed by atoms with Crippen molar-refractivity contribution in [1.29, 1.82) is 0 Å². The van der Waals surface area contributed by atoms with Gasteiger partial charge in [-0.1, -0.05) is 32.1 Å². The van der Waals surface area contributed by atoms with Crippen molar-refractivity contribution in [3.8, 4) is 0 Å². The van der Waals surface area contributed by atoms with Crippen LogP contribution in [0.4, 0.5) is 0 Å². The second kappa shape index (κ2) is 6.30. The van der Waals surface area contributed by atoms with Gasteiger partial charge in [-0.05, 0) is 18.8 Å². The fourth-order valence-corrected chi connectivity index (χ4v) is 3.60. The smallest absolute Gasteiger partial charge is 0.216 e. The van der Waals surface area contributed by atoms with Crippen LogP contribution in [0.1, 0.15) is 64.2 Å². The molecule has 0 saturated heterocycles. The summed E-state index contributed by atoms with van der Waals surface area (Å²) in [7, 11) is 0. The third-order valence-electron chi connectivity index (χ3n) is 4.63. The number of hydrogen-bond acceptors (Lipinski definition) is 3. The van der Waals surface area contributed by atoms with E-state index >= 15 is 0 Å². The van der Waals surface area contributed by atoms with Gasteiger partial charge in [0.2, 0.25) is 6.04 Å². The molecule has 0 aromatic rings. The van der Waals surface area contributed by atoms with Crippen molar-refractivity contribution in [2.45, 2.75) is 70.3 Å². The van der Waals surface area contributed by atoms with Gasteiger partial charge in [-0.15, -0.1) is 0 Å². The van der Waals surface area contributed by atoms with Gasteiger partial charge >= 0.3 is 0 Å². The van der Waals surface area contributed by atoms with Crippen LogP contribution >= 0.6 is 0 Å². The van der Waals surface area contributed by atoms with Crippen molar-refractivity contribution < 1.29 is 9.72 Å². The number of hydrogen-bond donors (Lipinski definition) is 0. The standard InChI is InChI=1S/C14H23NO3/c16-13-8-4-7-12(10-13)14(15(17)18)9-11-5-2-1-3-6-11/h11-12,14H,1-10H2/t12-,14+/m0/s1. The van der Waals surface area contributed by atoms with E-state index in [1.165, 1.54) is 19.3 Å². The van der Waals surface area contributed by atoms with E-state index in [4.69, 9.17) is 0 Å². The number of nitrogens with zero attached hydrogens (tertiary/aromatic N) is 1. The van der Waals surface area contributed by atoms with E-state index in [2.05, 4.69) is 0 Å². The van der Waals surface area contributed by atoms with Gasteiger partial charge in [0.1, 0.15) is 5.78 Å². The van der Waals surface area contributed by atoms with Gasteiger partial charge in [0, 0.05) is 30.1 Å². The molecule has 0 bridgehead atoms. The maximum atomic E-state index is 11.5. The molecule has 2 aliphatic rings. The van der Waals surface area contributed by atoms with Crippen LogP contribution in [0, 0.1) is 22.0 Å². The normalized spacial score (nSPS) is 28.0. The highest BCUT2D eigenvalue weighted by Gasteiger charge is 2.36. The molecule has 2 atom stereocenters. The largest absolute Gasteiger partial charge is 0.300 e. The highest BCUT2D eigenvalue weighted by atomic mass is 16.6. The average Bonchev–Trinajstić information content (AvgIpc) is 2.37. The molecule has 0 amide bonds. The number of rotatable bonds is 4. The molecule has 0 unspecified atom stereocenters. The minimum atomic E-state index is -0.475. The number of carbonyl (C=O) groups is 1. The number of ketones is 1. The summed E-state index contributed by atoms with van der Waals surface area (Å²) in [6.07, 6.45) is 9.49. The molecule has 0 aliphatic heterocycles. The SMILES string of the molecule is O=C1CCC[C@H]([C@@H](CC2CCCCC2)[N+](=O)[O-])C1. The summed E-state index contributed by atoms with van der Waals surface area (Å²) in [6, 6.07) is -0.475. The van der Waals surface area contributed by atoms with Gasteiger partial charge in [-0.3, -0.25) is 14.9 Å². The first-order chi connectivity index (χ1) is 8.66. The fourth-order valence-electron chi connectivity index (χ4n) is 3.60. The van der Waals surface area contributed by atoms with Crippen molar-refractivity contribution in [3.63, 3.8) is 0 Å². The van der Waals surface area contributed by atoms with Gasteiger partial charge in [0.25, 0.3) is 0 Å². The lowest BCUT2D eigenvalue weighted by Crippen LogP contribution is -2.35. The van der Waals surface area contributed by atoms with Gasteiger partial charge < -0.3 is 0 Å². The van der Waals surface area contributed by atoms with Crippen LogP contribution < -0.4 is 0 Å². The molecule has 2 saturated carbocycles. The highest BCUT2D eigenvalue weighted by Crippen LogP contribution is 2.33. The second-order valence-corrected chi connectivity index (χ2v) is 5.99. The molecule has 2 aliphatic carbocycles. The van der Waals surface area contributed by atoms with Crippen molar-refractivity contribution in [1.82, 2.24) is 0 Å². The predicted octanol–water partition coefficient (Wildman–Crippen LogP) is 3.36. The summed E-state index contributed by atoms with van der Waals surface area (Å²) in [4.78, 5) is 22.6. The van der Waals surface area contributed by atoms with Crippen LogP contribution in [0.5, 0.6) is 0 Å². The second-order valence-electron chi connectivity index (χ2n) is 5.99. The number of Topliss-reactive ketones (excluding diaryl/α,β-unsaturated/α-hetero) is 1. The highest BCUT2D eigenvalue weighted by molar-refractivity contribution is 5.79. The monoisotopic (exact) mass is 253 g/mol. The van der Waals surface area contributed by atoms with E-state index < -0.39 is 6.04 Å². The molecule has 0 radical (unpaired) electrons. The third kappa shape index (κ3) is 3.53. The summed E-state index contributed by atoms with van der Waals surface area (Å²) in [5.41, 5.74) is 0. The van der Waals surface area contributed by atoms with Crippen LogP contribution in [-0.4, -0.2) is 16.7 Å². The fraction of sp³-hybridized carbons (Fsp3) is 0.929. The van der Waals surface area contributed by atoms with Crippen LogP contribution in [0.2, 0.25) is 0 Å². The third-order valence-corrected chi connectivity index (χ3v) is 4.63. The molecule has 2 rings (SSSR count). The molecule has 0 N–H and O–H groups in total. The lowest BCUT2D eigenvalue weighted by Gasteiger charge is -2.28. The lowest BCUT2D eigenvalue weighted by molar-refractivity contribution is -0.535. The zero-order valence-corrected chi connectivity index (χ0v) is 11.0. The van der Waals surface area contributed by atoms with Crippen molar-refractivity contribution in [2.75, 3.05) is 0 Å². The average molecular weight is 253 g/mol. The Labute approximate surface area is 108 Å². The topological polar surface area (TPSA) is 60.2 Å². The van der Waals surface area contributed by atoms with Crippen LogP contribution in [0.25, 0.3) is 0 Å². The Hall–Kier alpha value is -0.930. The summed E-state index contributed by atoms with van der Waals surface area (Å²) >= 11 is 0. The molecule has 2 fully saturated rings. The van der Waals surface area contributed by atoms with E-state index in [1.54, 1.807) is 0 Å². The summed E-state index contributed by atoms with van der Waals surface area (Å²) < 4.78 is 0. The predicted molar refractivity (Wildman–Crippen MR) is 68.9 cm³/mol. The quantitative estimate of drug-likeness (QED) is 0.570. The Kier molecular flexibility index (Phi) is 4.72. The van der Waals surface area contributed by atoms with E-state index in [-0.39, 0.29) is 16.6 Å². The Morgan fingerprint density at radius 3 is 2.50 bits per heavy atom. The molecule has 0 spiro atoms. The van der Waals surface area contributed by atoms with E-state index in [0.29, 0.717) is 25.2 Å². The Morgan fingerprint density at radius 2 is 1.89 bits per heavy atom. The Balaban J connectivity index is 1.94. The minimum absolute atomic E-state index is 0.00294. The first kappa shape index (κ1) is 13.5. The molecule has 0 heterocycles. The zero-order chi connectivity index (χ0) is 13.0. The van der Waals surface area contributed by atoms with Crippen molar-refractivity contribution >= 4 is 5.78 Å². The summed E-state index contributed by atoms with van der Waals surface area (Å²) in [6.45, 7) is 0. The maximum Gasteiger partial charge on any atom is 0.216 e. The molecule has 4 nitrogen and oxygen atoms in total. The zero-order valence-electron chi connectivity index (χ0n) is 11.0. The molecule has 4 heteroatoms. The minimum Gasteiger partial charge on any atom is -0.300 e. The number of nitro groups is 1. The molecular weight excluding hydrogens is 230 g/mol. The molecule has 18 heavy (non-hydrogen) atoms. The number of carbonyl (C=O) groups excluding carboxylic acids is 1. The van der Waals surface area contributed by atoms with Crippen LogP contribution in [-0.2, 0) is 4.79 Å². The van der Waals surface area contributed by atoms with E-state index in [9.17, 15) is 14.9 Å². The van der Waals surface area contributed by atoms with Gasteiger partial charge in [-0.2, -0.15) is 0 Å². The van der Waals surface area contributed by atoms with Crippen LogP contribution in [0.3, 0.4) is 0 Å². The molecular formula is C14H23NO3. The lowest BCUT2D eigenvalue weighted by atomic mass is 9.77. The summed E-state index contributed by atoms with van der Waals surface area (Å²) in [5, 5.41) is 11.3. The van der Waals surface area contributed by atoms with E-state index in [0.717, 1.165) is 25.7 Å². The Morgan fingerprint density at radius 1 is 1.17 bits per heavy atom. The summed E-state index contributed by atoms with van der Waals surface area (Å²) in [5.74, 6) is 0.746. The molecule has 0 aromatic carbocycles. The van der Waals surface area contributed by atoms with Crippen LogP contribution in [0.15, 0.2) is 0 Å². The Bertz CT molecular complexity index is 310. The molecule has 102 valence electrons.